The molecule has 1 aromatic carbocycles. The van der Waals surface area contributed by atoms with Crippen molar-refractivity contribution in [3.05, 3.63) is 42.5 Å². The molecule has 0 amide bonds. The van der Waals surface area contributed by atoms with Crippen molar-refractivity contribution in [2.24, 2.45) is 5.73 Å². The molecule has 0 spiro atoms. The summed E-state index contributed by atoms with van der Waals surface area (Å²) in [6.45, 7) is 3.40. The van der Waals surface area contributed by atoms with Crippen LogP contribution in [0.4, 0.5) is 0 Å². The maximum Gasteiger partial charge on any atom is 0.328 e. The fourth-order valence-corrected chi connectivity index (χ4v) is 1.24. The Balaban J connectivity index is 2.93. The zero-order valence-corrected chi connectivity index (χ0v) is 8.18. The van der Waals surface area contributed by atoms with Gasteiger partial charge in [-0.15, -0.1) is 6.58 Å². The normalized spacial score (nSPS) is 14.2. The summed E-state index contributed by atoms with van der Waals surface area (Å²) in [4.78, 5) is 10.9. The van der Waals surface area contributed by atoms with E-state index in [-0.39, 0.29) is 12.2 Å². The van der Waals surface area contributed by atoms with Gasteiger partial charge in [-0.05, 0) is 17.7 Å². The van der Waals surface area contributed by atoms with Gasteiger partial charge in [-0.1, -0.05) is 18.2 Å². The molecular formula is C11H13NO3. The van der Waals surface area contributed by atoms with Crippen molar-refractivity contribution < 1.29 is 15.0 Å². The summed E-state index contributed by atoms with van der Waals surface area (Å²) in [5.41, 5.74) is 4.78. The van der Waals surface area contributed by atoms with Gasteiger partial charge in [-0.3, -0.25) is 0 Å². The van der Waals surface area contributed by atoms with Crippen LogP contribution >= 0.6 is 0 Å². The molecule has 80 valence electrons. The minimum atomic E-state index is -1.49. The van der Waals surface area contributed by atoms with Crippen LogP contribution in [0.25, 0.3) is 0 Å². The van der Waals surface area contributed by atoms with Gasteiger partial charge in [-0.2, -0.15) is 0 Å². The maximum absolute atomic E-state index is 10.9. The molecule has 1 unspecified atom stereocenters. The summed E-state index contributed by atoms with van der Waals surface area (Å²) in [6, 6.07) is 6.33. The van der Waals surface area contributed by atoms with Gasteiger partial charge in [-0.25, -0.2) is 4.79 Å². The number of carbonyl (C=O) groups is 1. The molecule has 0 saturated carbocycles. The van der Waals surface area contributed by atoms with E-state index in [1.165, 1.54) is 18.2 Å². The lowest BCUT2D eigenvalue weighted by Gasteiger charge is -2.20. The van der Waals surface area contributed by atoms with Gasteiger partial charge >= 0.3 is 5.97 Å². The highest BCUT2D eigenvalue weighted by Crippen LogP contribution is 2.17. The maximum atomic E-state index is 10.9. The molecule has 0 bridgehead atoms. The number of aromatic hydroxyl groups is 1. The number of aliphatic carboxylic acids is 1. The van der Waals surface area contributed by atoms with Gasteiger partial charge in [0.15, 0.2) is 0 Å². The van der Waals surface area contributed by atoms with Crippen molar-refractivity contribution in [3.63, 3.8) is 0 Å². The van der Waals surface area contributed by atoms with E-state index >= 15 is 0 Å². The second kappa shape index (κ2) is 4.14. The van der Waals surface area contributed by atoms with E-state index in [2.05, 4.69) is 6.58 Å². The highest BCUT2D eigenvalue weighted by atomic mass is 16.4. The average Bonchev–Trinajstić information content (AvgIpc) is 2.17. The third-order valence-electron chi connectivity index (χ3n) is 2.17. The molecular weight excluding hydrogens is 194 g/mol. The first-order chi connectivity index (χ1) is 6.98. The number of nitrogens with two attached hydrogens (primary N) is 1. The van der Waals surface area contributed by atoms with Gasteiger partial charge in [0, 0.05) is 6.42 Å². The van der Waals surface area contributed by atoms with E-state index in [0.29, 0.717) is 5.56 Å². The second-order valence-electron chi connectivity index (χ2n) is 3.40. The molecule has 0 aromatic heterocycles. The van der Waals surface area contributed by atoms with Gasteiger partial charge < -0.3 is 15.9 Å². The third kappa shape index (κ3) is 2.57. The van der Waals surface area contributed by atoms with Crippen molar-refractivity contribution in [1.82, 2.24) is 0 Å². The van der Waals surface area contributed by atoms with Gasteiger partial charge in [0.05, 0.1) is 0 Å². The first kappa shape index (κ1) is 11.3. The molecule has 4 N–H and O–H groups in total. The van der Waals surface area contributed by atoms with E-state index in [1.54, 1.807) is 12.1 Å². The van der Waals surface area contributed by atoms with Crippen molar-refractivity contribution in [2.45, 2.75) is 12.0 Å². The Kier molecular flexibility index (Phi) is 3.11. The molecule has 1 atom stereocenters. The van der Waals surface area contributed by atoms with Gasteiger partial charge in [0.25, 0.3) is 0 Å². The van der Waals surface area contributed by atoms with E-state index < -0.39 is 11.5 Å². The van der Waals surface area contributed by atoms with Crippen LogP contribution in [-0.4, -0.2) is 21.7 Å². The molecule has 15 heavy (non-hydrogen) atoms. The largest absolute Gasteiger partial charge is 0.508 e. The smallest absolute Gasteiger partial charge is 0.328 e. The number of carboxylic acid groups (broad SMARTS) is 1. The molecule has 0 radical (unpaired) electrons. The average molecular weight is 207 g/mol. The van der Waals surface area contributed by atoms with Crippen LogP contribution in [0.15, 0.2) is 36.9 Å². The summed E-state index contributed by atoms with van der Waals surface area (Å²) in [5, 5.41) is 18.1. The first-order valence-corrected chi connectivity index (χ1v) is 4.42. The lowest BCUT2D eigenvalue weighted by molar-refractivity contribution is -0.141. The number of benzene rings is 1. The van der Waals surface area contributed by atoms with Crippen molar-refractivity contribution >= 4 is 5.97 Å². The standard InChI is InChI=1S/C11H13NO3/c1-2-11(12,10(14)15)7-8-4-3-5-9(13)6-8/h2-6,13H,1,7,12H2,(H,14,15). The molecule has 4 nitrogen and oxygen atoms in total. The van der Waals surface area contributed by atoms with Crippen molar-refractivity contribution in [3.8, 4) is 5.75 Å². The Morgan fingerprint density at radius 2 is 2.27 bits per heavy atom. The number of hydrogen-bond donors (Lipinski definition) is 3. The Morgan fingerprint density at radius 3 is 2.73 bits per heavy atom. The molecule has 0 aliphatic rings. The van der Waals surface area contributed by atoms with Gasteiger partial charge in [0.2, 0.25) is 0 Å². The highest BCUT2D eigenvalue weighted by molar-refractivity contribution is 5.81. The van der Waals surface area contributed by atoms with Crippen LogP contribution in [0.2, 0.25) is 0 Å². The molecule has 1 rings (SSSR count). The summed E-state index contributed by atoms with van der Waals surface area (Å²) in [7, 11) is 0. The zero-order valence-electron chi connectivity index (χ0n) is 8.18. The highest BCUT2D eigenvalue weighted by Gasteiger charge is 2.30. The molecule has 0 aliphatic heterocycles. The Bertz CT molecular complexity index is 389. The minimum Gasteiger partial charge on any atom is -0.508 e. The molecule has 4 heteroatoms. The van der Waals surface area contributed by atoms with Gasteiger partial charge in [0.1, 0.15) is 11.3 Å². The van der Waals surface area contributed by atoms with E-state index in [9.17, 15) is 9.90 Å². The van der Waals surface area contributed by atoms with Crippen LogP contribution in [0.1, 0.15) is 5.56 Å². The van der Waals surface area contributed by atoms with Crippen LogP contribution in [0.5, 0.6) is 5.75 Å². The summed E-state index contributed by atoms with van der Waals surface area (Å²) in [5.74, 6) is -1.05. The Labute approximate surface area is 87.7 Å². The number of phenolic OH excluding ortho intramolecular Hbond substituents is 1. The monoisotopic (exact) mass is 207 g/mol. The quantitative estimate of drug-likeness (QED) is 0.640. The summed E-state index contributed by atoms with van der Waals surface area (Å²) in [6.07, 6.45) is 1.29. The minimum absolute atomic E-state index is 0.0873. The molecule has 1 aromatic rings. The summed E-state index contributed by atoms with van der Waals surface area (Å²) >= 11 is 0. The number of carboxylic acids is 1. The first-order valence-electron chi connectivity index (χ1n) is 4.42. The number of hydrogen-bond acceptors (Lipinski definition) is 3. The van der Waals surface area contributed by atoms with E-state index in [0.717, 1.165) is 0 Å². The lowest BCUT2D eigenvalue weighted by atomic mass is 9.92. The Hall–Kier alpha value is -1.81. The lowest BCUT2D eigenvalue weighted by Crippen LogP contribution is -2.47. The zero-order chi connectivity index (χ0) is 11.5. The number of phenols is 1. The fourth-order valence-electron chi connectivity index (χ4n) is 1.24. The fraction of sp³-hybridized carbons (Fsp3) is 0.182. The van der Waals surface area contributed by atoms with E-state index in [4.69, 9.17) is 10.8 Å². The van der Waals surface area contributed by atoms with Crippen LogP contribution in [0, 0.1) is 0 Å². The predicted octanol–water partition coefficient (Wildman–Crippen LogP) is 0.903. The predicted molar refractivity (Wildman–Crippen MR) is 56.6 cm³/mol. The molecule has 0 fully saturated rings. The van der Waals surface area contributed by atoms with Crippen LogP contribution in [0.3, 0.4) is 0 Å². The molecule has 0 saturated heterocycles. The summed E-state index contributed by atoms with van der Waals surface area (Å²) < 4.78 is 0. The van der Waals surface area contributed by atoms with Crippen LogP contribution < -0.4 is 5.73 Å². The number of rotatable bonds is 4. The topological polar surface area (TPSA) is 83.5 Å². The van der Waals surface area contributed by atoms with Crippen molar-refractivity contribution in [2.75, 3.05) is 0 Å². The van der Waals surface area contributed by atoms with Crippen molar-refractivity contribution in [1.29, 1.82) is 0 Å². The molecule has 0 heterocycles. The Morgan fingerprint density at radius 1 is 1.60 bits per heavy atom. The third-order valence-corrected chi connectivity index (χ3v) is 2.17. The van der Waals surface area contributed by atoms with Crippen LogP contribution in [-0.2, 0) is 11.2 Å². The molecule has 0 aliphatic carbocycles. The second-order valence-corrected chi connectivity index (χ2v) is 3.40. The SMILES string of the molecule is C=CC(N)(Cc1cccc(O)c1)C(=O)O. The van der Waals surface area contributed by atoms with E-state index in [1.807, 2.05) is 0 Å².